The van der Waals surface area contributed by atoms with Crippen LogP contribution in [-0.4, -0.2) is 19.0 Å². The van der Waals surface area contributed by atoms with Crippen molar-refractivity contribution in [1.82, 2.24) is 10.6 Å². The fraction of sp³-hybridized carbons (Fsp3) is 0.611. The molecule has 0 unspecified atom stereocenters. The fourth-order valence-corrected chi connectivity index (χ4v) is 3.17. The second-order valence-corrected chi connectivity index (χ2v) is 6.20. The Balaban J connectivity index is 1.82. The maximum absolute atomic E-state index is 11.5. The number of nitrogens with one attached hydrogen (secondary N) is 2. The average molecular weight is 288 g/mol. The lowest BCUT2D eigenvalue weighted by atomic mass is 9.93. The van der Waals surface area contributed by atoms with Gasteiger partial charge in [0.25, 0.3) is 5.91 Å². The van der Waals surface area contributed by atoms with Gasteiger partial charge in [-0.2, -0.15) is 0 Å². The van der Waals surface area contributed by atoms with Crippen molar-refractivity contribution in [2.24, 2.45) is 5.92 Å². The standard InChI is InChI=1S/C18H28N2O/c1-14(16-7-5-3-4-6-8-16)20-13-15-9-11-17(12-10-15)18(21)19-2/h9-12,14,16,20H,3-8,13H2,1-2H3,(H,19,21)/t14-/m0/s1. The predicted octanol–water partition coefficient (Wildman–Crippen LogP) is 3.49. The molecule has 116 valence electrons. The van der Waals surface area contributed by atoms with E-state index < -0.39 is 0 Å². The summed E-state index contributed by atoms with van der Waals surface area (Å²) in [6, 6.07) is 8.44. The zero-order valence-electron chi connectivity index (χ0n) is 13.3. The highest BCUT2D eigenvalue weighted by Gasteiger charge is 2.18. The Morgan fingerprint density at radius 3 is 2.33 bits per heavy atom. The molecule has 1 aliphatic rings. The molecule has 3 nitrogen and oxygen atoms in total. The van der Waals surface area contributed by atoms with Crippen molar-refractivity contribution in [3.05, 3.63) is 35.4 Å². The summed E-state index contributed by atoms with van der Waals surface area (Å²) in [5.41, 5.74) is 1.96. The van der Waals surface area contributed by atoms with Crippen LogP contribution < -0.4 is 10.6 Å². The molecule has 1 aliphatic carbocycles. The van der Waals surface area contributed by atoms with Crippen molar-refractivity contribution in [2.75, 3.05) is 7.05 Å². The monoisotopic (exact) mass is 288 g/mol. The van der Waals surface area contributed by atoms with Crippen molar-refractivity contribution >= 4 is 5.91 Å². The molecule has 1 saturated carbocycles. The SMILES string of the molecule is CNC(=O)c1ccc(CN[C@@H](C)C2CCCCCC2)cc1. The second-order valence-electron chi connectivity index (χ2n) is 6.20. The van der Waals surface area contributed by atoms with Crippen LogP contribution in [0.4, 0.5) is 0 Å². The van der Waals surface area contributed by atoms with Gasteiger partial charge in [0.1, 0.15) is 0 Å². The third-order valence-electron chi connectivity index (χ3n) is 4.68. The summed E-state index contributed by atoms with van der Waals surface area (Å²) < 4.78 is 0. The number of hydrogen-bond donors (Lipinski definition) is 2. The smallest absolute Gasteiger partial charge is 0.251 e. The predicted molar refractivity (Wildman–Crippen MR) is 87.3 cm³/mol. The van der Waals surface area contributed by atoms with Crippen LogP contribution in [-0.2, 0) is 6.54 Å². The zero-order chi connectivity index (χ0) is 15.1. The number of carbonyl (C=O) groups excluding carboxylic acids is 1. The minimum absolute atomic E-state index is 0.0265. The molecule has 1 aromatic carbocycles. The van der Waals surface area contributed by atoms with Crippen molar-refractivity contribution in [3.63, 3.8) is 0 Å². The molecule has 0 bridgehead atoms. The molecule has 21 heavy (non-hydrogen) atoms. The Kier molecular flexibility index (Phi) is 6.24. The lowest BCUT2D eigenvalue weighted by Gasteiger charge is -2.23. The molecule has 0 saturated heterocycles. The van der Waals surface area contributed by atoms with Crippen LogP contribution in [0.1, 0.15) is 61.4 Å². The largest absolute Gasteiger partial charge is 0.355 e. The fourth-order valence-electron chi connectivity index (χ4n) is 3.17. The molecular formula is C18H28N2O. The van der Waals surface area contributed by atoms with E-state index in [2.05, 4.69) is 17.6 Å². The number of hydrogen-bond acceptors (Lipinski definition) is 2. The van der Waals surface area contributed by atoms with Crippen molar-refractivity contribution in [3.8, 4) is 0 Å². The lowest BCUT2D eigenvalue weighted by molar-refractivity contribution is 0.0963. The normalized spacial score (nSPS) is 18.0. The van der Waals surface area contributed by atoms with Gasteiger partial charge >= 0.3 is 0 Å². The first-order valence-corrected chi connectivity index (χ1v) is 8.25. The first kappa shape index (κ1) is 16.0. The van der Waals surface area contributed by atoms with Crippen LogP contribution in [0.15, 0.2) is 24.3 Å². The summed E-state index contributed by atoms with van der Waals surface area (Å²) in [5, 5.41) is 6.30. The zero-order valence-corrected chi connectivity index (χ0v) is 13.3. The molecule has 2 N–H and O–H groups in total. The lowest BCUT2D eigenvalue weighted by Crippen LogP contribution is -2.32. The summed E-state index contributed by atoms with van der Waals surface area (Å²) in [4.78, 5) is 11.5. The molecule has 1 atom stereocenters. The van der Waals surface area contributed by atoms with Crippen LogP contribution in [0.25, 0.3) is 0 Å². The van der Waals surface area contributed by atoms with Gasteiger partial charge in [-0.3, -0.25) is 4.79 Å². The van der Waals surface area contributed by atoms with E-state index in [9.17, 15) is 4.79 Å². The van der Waals surface area contributed by atoms with Crippen molar-refractivity contribution < 1.29 is 4.79 Å². The minimum atomic E-state index is -0.0265. The molecule has 1 fully saturated rings. The molecular weight excluding hydrogens is 260 g/mol. The maximum Gasteiger partial charge on any atom is 0.251 e. The minimum Gasteiger partial charge on any atom is -0.355 e. The molecule has 0 radical (unpaired) electrons. The molecule has 0 spiro atoms. The quantitative estimate of drug-likeness (QED) is 0.814. The van der Waals surface area contributed by atoms with E-state index in [0.29, 0.717) is 6.04 Å². The van der Waals surface area contributed by atoms with Gasteiger partial charge in [0.05, 0.1) is 0 Å². The summed E-state index contributed by atoms with van der Waals surface area (Å²) >= 11 is 0. The molecule has 0 aromatic heterocycles. The third-order valence-corrected chi connectivity index (χ3v) is 4.68. The molecule has 2 rings (SSSR count). The Morgan fingerprint density at radius 1 is 1.14 bits per heavy atom. The van der Waals surface area contributed by atoms with E-state index in [-0.39, 0.29) is 5.91 Å². The van der Waals surface area contributed by atoms with E-state index in [1.54, 1.807) is 7.05 Å². The van der Waals surface area contributed by atoms with Crippen molar-refractivity contribution in [1.29, 1.82) is 0 Å². The highest BCUT2D eigenvalue weighted by atomic mass is 16.1. The van der Waals surface area contributed by atoms with Crippen LogP contribution >= 0.6 is 0 Å². The van der Waals surface area contributed by atoms with Gasteiger partial charge in [0.15, 0.2) is 0 Å². The van der Waals surface area contributed by atoms with Crippen molar-refractivity contribution in [2.45, 2.75) is 58.0 Å². The molecule has 3 heteroatoms. The van der Waals surface area contributed by atoms with Crippen LogP contribution in [0, 0.1) is 5.92 Å². The van der Waals surface area contributed by atoms with E-state index in [4.69, 9.17) is 0 Å². The summed E-state index contributed by atoms with van der Waals surface area (Å²) in [6.07, 6.45) is 8.32. The second kappa shape index (κ2) is 8.18. The van der Waals surface area contributed by atoms with Gasteiger partial charge in [0, 0.05) is 25.2 Å². The number of carbonyl (C=O) groups is 1. The highest BCUT2D eigenvalue weighted by molar-refractivity contribution is 5.93. The maximum atomic E-state index is 11.5. The first-order valence-electron chi connectivity index (χ1n) is 8.25. The Bertz CT molecular complexity index is 433. The Hall–Kier alpha value is -1.35. The number of benzene rings is 1. The first-order chi connectivity index (χ1) is 10.2. The van der Waals surface area contributed by atoms with E-state index in [0.717, 1.165) is 18.0 Å². The molecule has 1 aromatic rings. The van der Waals surface area contributed by atoms with E-state index in [1.165, 1.54) is 44.1 Å². The van der Waals surface area contributed by atoms with Gasteiger partial charge in [0.2, 0.25) is 0 Å². The Morgan fingerprint density at radius 2 is 1.76 bits per heavy atom. The van der Waals surface area contributed by atoms with Crippen LogP contribution in [0.2, 0.25) is 0 Å². The molecule has 0 heterocycles. The number of amides is 1. The summed E-state index contributed by atoms with van der Waals surface area (Å²) in [7, 11) is 1.66. The van der Waals surface area contributed by atoms with Crippen LogP contribution in [0.5, 0.6) is 0 Å². The van der Waals surface area contributed by atoms with Gasteiger partial charge in [-0.05, 0) is 43.4 Å². The van der Waals surface area contributed by atoms with E-state index >= 15 is 0 Å². The average Bonchev–Trinajstić information content (AvgIpc) is 2.81. The molecule has 1 amide bonds. The van der Waals surface area contributed by atoms with E-state index in [1.807, 2.05) is 24.3 Å². The van der Waals surface area contributed by atoms with Gasteiger partial charge in [-0.15, -0.1) is 0 Å². The van der Waals surface area contributed by atoms with Gasteiger partial charge < -0.3 is 10.6 Å². The topological polar surface area (TPSA) is 41.1 Å². The third kappa shape index (κ3) is 4.85. The highest BCUT2D eigenvalue weighted by Crippen LogP contribution is 2.25. The summed E-state index contributed by atoms with van der Waals surface area (Å²) in [6.45, 7) is 3.20. The van der Waals surface area contributed by atoms with Gasteiger partial charge in [-0.1, -0.05) is 37.8 Å². The summed E-state index contributed by atoms with van der Waals surface area (Å²) in [5.74, 6) is 0.791. The van der Waals surface area contributed by atoms with Gasteiger partial charge in [-0.25, -0.2) is 0 Å². The van der Waals surface area contributed by atoms with Crippen LogP contribution in [0.3, 0.4) is 0 Å². The molecule has 0 aliphatic heterocycles. The Labute approximate surface area is 128 Å². The number of rotatable bonds is 5.